The Hall–Kier alpha value is -0.157. The minimum absolute atomic E-state index is 0.314. The predicted octanol–water partition coefficient (Wildman–Crippen LogP) is 4.21. The van der Waals surface area contributed by atoms with Crippen LogP contribution in [0.25, 0.3) is 0 Å². The second-order valence-electron chi connectivity index (χ2n) is 4.56. The molecule has 76 valence electrons. The van der Waals surface area contributed by atoms with E-state index in [9.17, 15) is 0 Å². The van der Waals surface area contributed by atoms with E-state index in [0.29, 0.717) is 0 Å². The van der Waals surface area contributed by atoms with E-state index in [-0.39, 0.29) is 23.2 Å². The van der Waals surface area contributed by atoms with Crippen molar-refractivity contribution < 1.29 is 23.2 Å². The first kappa shape index (κ1) is 10.0. The molecule has 1 unspecified atom stereocenters. The standard InChI is InChI=1S/C9H11.C5H5.Zr/c1-2-5-9-7-3-6-8(9)4-1;1-2-4-5-3-1;/h3,6-7H,1-2,4-5H2;1-5H;. The molecule has 0 aromatic heterocycles. The van der Waals surface area contributed by atoms with Crippen molar-refractivity contribution in [1.29, 1.82) is 0 Å². The van der Waals surface area contributed by atoms with Crippen LogP contribution in [0.1, 0.15) is 25.7 Å². The summed E-state index contributed by atoms with van der Waals surface area (Å²) in [6.45, 7) is 0. The van der Waals surface area contributed by atoms with Crippen LogP contribution in [0, 0.1) is 0 Å². The van der Waals surface area contributed by atoms with Gasteiger partial charge in [0.15, 0.2) is 0 Å². The molecule has 0 amide bonds. The zero-order valence-corrected chi connectivity index (χ0v) is 11.4. The molecular formula is C14H16Zr. The van der Waals surface area contributed by atoms with E-state index in [1.165, 1.54) is 25.7 Å². The zero-order valence-electron chi connectivity index (χ0n) is 8.95. The SMILES string of the molecule is C1=C[CH]([Zr][CH]2C=CC3=C2CCCC3)C=C1. The van der Waals surface area contributed by atoms with Crippen LogP contribution in [-0.2, 0) is 23.2 Å². The fourth-order valence-electron chi connectivity index (χ4n) is 2.73. The predicted molar refractivity (Wildman–Crippen MR) is 60.4 cm³/mol. The van der Waals surface area contributed by atoms with Crippen molar-refractivity contribution in [3.8, 4) is 0 Å². The Balaban J connectivity index is 1.72. The number of hydrogen-bond donors (Lipinski definition) is 0. The molecule has 3 aliphatic carbocycles. The normalized spacial score (nSPS) is 28.9. The molecule has 0 saturated heterocycles. The van der Waals surface area contributed by atoms with Gasteiger partial charge >= 0.3 is 104 Å². The van der Waals surface area contributed by atoms with Gasteiger partial charge in [0.05, 0.1) is 0 Å². The summed E-state index contributed by atoms with van der Waals surface area (Å²) in [4.78, 5) is 0. The summed E-state index contributed by atoms with van der Waals surface area (Å²) in [5.41, 5.74) is 3.54. The van der Waals surface area contributed by atoms with E-state index >= 15 is 0 Å². The summed E-state index contributed by atoms with van der Waals surface area (Å²) in [5, 5.41) is 0. The molecule has 0 aromatic carbocycles. The summed E-state index contributed by atoms with van der Waals surface area (Å²) < 4.78 is 1.78. The Morgan fingerprint density at radius 2 is 1.80 bits per heavy atom. The molecule has 0 spiro atoms. The first-order chi connectivity index (χ1) is 7.43. The molecular weight excluding hydrogens is 259 g/mol. The van der Waals surface area contributed by atoms with Crippen LogP contribution in [-0.4, -0.2) is 0 Å². The summed E-state index contributed by atoms with van der Waals surface area (Å²) in [5.74, 6) is 0. The van der Waals surface area contributed by atoms with Crippen molar-refractivity contribution in [3.63, 3.8) is 0 Å². The van der Waals surface area contributed by atoms with Gasteiger partial charge in [0, 0.05) is 0 Å². The molecule has 0 saturated carbocycles. The molecule has 0 N–H and O–H groups in total. The number of hydrogen-bond acceptors (Lipinski definition) is 0. The monoisotopic (exact) mass is 274 g/mol. The molecule has 1 heteroatoms. The van der Waals surface area contributed by atoms with E-state index in [1.807, 2.05) is 5.57 Å². The van der Waals surface area contributed by atoms with Gasteiger partial charge in [-0.2, -0.15) is 0 Å². The summed E-state index contributed by atoms with van der Waals surface area (Å²) in [7, 11) is 0. The van der Waals surface area contributed by atoms with Crippen molar-refractivity contribution in [3.05, 3.63) is 47.6 Å². The third kappa shape index (κ3) is 2.04. The third-order valence-corrected chi connectivity index (χ3v) is 7.64. The molecule has 3 rings (SSSR count). The Bertz CT molecular complexity index is 359. The minimum atomic E-state index is -0.314. The average molecular weight is 276 g/mol. The Morgan fingerprint density at radius 3 is 2.67 bits per heavy atom. The molecule has 0 radical (unpaired) electrons. The summed E-state index contributed by atoms with van der Waals surface area (Å²) in [6.07, 6.45) is 19.8. The van der Waals surface area contributed by atoms with Gasteiger partial charge in [-0.15, -0.1) is 0 Å². The maximum atomic E-state index is 2.52. The van der Waals surface area contributed by atoms with Gasteiger partial charge in [-0.1, -0.05) is 0 Å². The fraction of sp³-hybridized carbons (Fsp3) is 0.429. The van der Waals surface area contributed by atoms with E-state index in [0.717, 1.165) is 7.25 Å². The molecule has 1 atom stereocenters. The third-order valence-electron chi connectivity index (χ3n) is 3.54. The molecule has 0 heterocycles. The van der Waals surface area contributed by atoms with Crippen LogP contribution < -0.4 is 0 Å². The molecule has 0 nitrogen and oxygen atoms in total. The maximum absolute atomic E-state index is 2.52. The van der Waals surface area contributed by atoms with Crippen LogP contribution in [0.3, 0.4) is 0 Å². The topological polar surface area (TPSA) is 0 Å². The van der Waals surface area contributed by atoms with E-state index in [2.05, 4.69) is 36.5 Å². The van der Waals surface area contributed by atoms with E-state index < -0.39 is 0 Å². The van der Waals surface area contributed by atoms with Gasteiger partial charge in [0.2, 0.25) is 0 Å². The molecule has 15 heavy (non-hydrogen) atoms. The van der Waals surface area contributed by atoms with Gasteiger partial charge in [0.1, 0.15) is 0 Å². The Labute approximate surface area is 103 Å². The number of rotatable bonds is 2. The summed E-state index contributed by atoms with van der Waals surface area (Å²) in [6, 6.07) is 0. The van der Waals surface area contributed by atoms with Crippen LogP contribution in [0.15, 0.2) is 47.6 Å². The van der Waals surface area contributed by atoms with Crippen molar-refractivity contribution in [1.82, 2.24) is 0 Å². The molecule has 0 aromatic rings. The first-order valence-corrected chi connectivity index (χ1v) is 8.78. The average Bonchev–Trinajstić information content (AvgIpc) is 2.89. The fourth-order valence-corrected chi connectivity index (χ4v) is 6.66. The second kappa shape index (κ2) is 4.38. The van der Waals surface area contributed by atoms with Gasteiger partial charge in [-0.25, -0.2) is 0 Å². The van der Waals surface area contributed by atoms with Crippen molar-refractivity contribution in [2.45, 2.75) is 32.9 Å². The van der Waals surface area contributed by atoms with Crippen LogP contribution in [0.2, 0.25) is 7.25 Å². The molecule has 0 aliphatic heterocycles. The van der Waals surface area contributed by atoms with Gasteiger partial charge in [-0.05, 0) is 0 Å². The number of allylic oxidation sites excluding steroid dienone is 8. The van der Waals surface area contributed by atoms with Crippen LogP contribution in [0.5, 0.6) is 0 Å². The molecule has 0 bridgehead atoms. The molecule has 3 aliphatic rings. The Kier molecular flexibility index (Phi) is 2.92. The zero-order chi connectivity index (χ0) is 10.1. The van der Waals surface area contributed by atoms with Crippen molar-refractivity contribution in [2.75, 3.05) is 0 Å². The Morgan fingerprint density at radius 1 is 1.00 bits per heavy atom. The first-order valence-electron chi connectivity index (χ1n) is 5.95. The van der Waals surface area contributed by atoms with Gasteiger partial charge in [0.25, 0.3) is 0 Å². The van der Waals surface area contributed by atoms with E-state index in [4.69, 9.17) is 0 Å². The van der Waals surface area contributed by atoms with Crippen LogP contribution in [0.4, 0.5) is 0 Å². The molecule has 0 fully saturated rings. The quantitative estimate of drug-likeness (QED) is 0.708. The van der Waals surface area contributed by atoms with Gasteiger partial charge < -0.3 is 0 Å². The van der Waals surface area contributed by atoms with Crippen molar-refractivity contribution >= 4 is 0 Å². The van der Waals surface area contributed by atoms with Crippen LogP contribution >= 0.6 is 0 Å². The summed E-state index contributed by atoms with van der Waals surface area (Å²) >= 11 is -0.314. The van der Waals surface area contributed by atoms with E-state index in [1.54, 1.807) is 5.57 Å². The van der Waals surface area contributed by atoms with Gasteiger partial charge in [-0.3, -0.25) is 0 Å². The van der Waals surface area contributed by atoms with Crippen molar-refractivity contribution in [2.24, 2.45) is 0 Å². The second-order valence-corrected chi connectivity index (χ2v) is 8.54.